The van der Waals surface area contributed by atoms with Crippen LogP contribution in [-0.2, 0) is 11.2 Å². The lowest BCUT2D eigenvalue weighted by Gasteiger charge is -2.24. The van der Waals surface area contributed by atoms with Crippen LogP contribution in [0, 0.1) is 0 Å². The summed E-state index contributed by atoms with van der Waals surface area (Å²) in [4.78, 5) is 0. The summed E-state index contributed by atoms with van der Waals surface area (Å²) in [5.74, 6) is 0.919. The Morgan fingerprint density at radius 3 is 2.89 bits per heavy atom. The van der Waals surface area contributed by atoms with Crippen molar-refractivity contribution in [2.45, 2.75) is 51.2 Å². The van der Waals surface area contributed by atoms with E-state index in [9.17, 15) is 0 Å². The van der Waals surface area contributed by atoms with Crippen LogP contribution in [0.25, 0.3) is 0 Å². The first-order valence-corrected chi connectivity index (χ1v) is 7.08. The molecule has 0 fully saturated rings. The first kappa shape index (κ1) is 14.4. The zero-order chi connectivity index (χ0) is 13.9. The average molecular weight is 263 g/mol. The average Bonchev–Trinajstić information content (AvgIpc) is 2.39. The number of hydrogen-bond donors (Lipinski definition) is 1. The van der Waals surface area contributed by atoms with E-state index in [0.717, 1.165) is 25.0 Å². The third-order valence-corrected chi connectivity index (χ3v) is 4.00. The molecule has 0 heterocycles. The maximum atomic E-state index is 6.16. The molecule has 0 aromatic heterocycles. The van der Waals surface area contributed by atoms with E-state index in [4.69, 9.17) is 15.2 Å². The fourth-order valence-electron chi connectivity index (χ4n) is 2.42. The summed E-state index contributed by atoms with van der Waals surface area (Å²) in [7, 11) is 1.73. The highest BCUT2D eigenvalue weighted by Crippen LogP contribution is 2.31. The first-order chi connectivity index (χ1) is 9.02. The molecule has 0 bridgehead atoms. The van der Waals surface area contributed by atoms with E-state index < -0.39 is 0 Å². The van der Waals surface area contributed by atoms with Gasteiger partial charge in [-0.2, -0.15) is 0 Å². The van der Waals surface area contributed by atoms with E-state index in [1.165, 1.54) is 17.5 Å². The number of ether oxygens (including phenoxy) is 2. The molecule has 1 unspecified atom stereocenters. The van der Waals surface area contributed by atoms with Crippen molar-refractivity contribution in [2.75, 3.05) is 13.7 Å². The molecule has 2 rings (SSSR count). The summed E-state index contributed by atoms with van der Waals surface area (Å²) in [6, 6.07) is 6.49. The highest BCUT2D eigenvalue weighted by molar-refractivity contribution is 5.39. The number of hydrogen-bond acceptors (Lipinski definition) is 3. The highest BCUT2D eigenvalue weighted by atomic mass is 16.5. The Balaban J connectivity index is 1.97. The van der Waals surface area contributed by atoms with E-state index in [1.54, 1.807) is 7.11 Å². The molecule has 2 N–H and O–H groups in total. The molecule has 1 aromatic carbocycles. The van der Waals surface area contributed by atoms with Gasteiger partial charge in [-0.15, -0.1) is 0 Å². The predicted molar refractivity (Wildman–Crippen MR) is 77.5 cm³/mol. The monoisotopic (exact) mass is 263 g/mol. The van der Waals surface area contributed by atoms with Crippen molar-refractivity contribution in [3.63, 3.8) is 0 Å². The minimum atomic E-state index is -0.134. The van der Waals surface area contributed by atoms with Crippen LogP contribution in [0.5, 0.6) is 5.75 Å². The Labute approximate surface area is 116 Å². The van der Waals surface area contributed by atoms with Crippen molar-refractivity contribution in [2.24, 2.45) is 5.73 Å². The Morgan fingerprint density at radius 2 is 2.16 bits per heavy atom. The predicted octanol–water partition coefficient (Wildman–Crippen LogP) is 3.22. The van der Waals surface area contributed by atoms with Crippen LogP contribution in [0.4, 0.5) is 0 Å². The van der Waals surface area contributed by atoms with E-state index in [1.807, 2.05) is 0 Å². The minimum Gasteiger partial charge on any atom is -0.493 e. The quantitative estimate of drug-likeness (QED) is 0.887. The molecule has 0 saturated carbocycles. The molecule has 0 amide bonds. The Hall–Kier alpha value is -1.06. The van der Waals surface area contributed by atoms with Crippen LogP contribution in [0.15, 0.2) is 18.2 Å². The van der Waals surface area contributed by atoms with Crippen LogP contribution in [0.3, 0.4) is 0 Å². The summed E-state index contributed by atoms with van der Waals surface area (Å²) in [6.45, 7) is 4.80. The molecule has 0 aliphatic heterocycles. The molecule has 19 heavy (non-hydrogen) atoms. The van der Waals surface area contributed by atoms with Crippen molar-refractivity contribution in [3.8, 4) is 5.75 Å². The van der Waals surface area contributed by atoms with Gasteiger partial charge in [-0.3, -0.25) is 0 Å². The lowest BCUT2D eigenvalue weighted by Crippen LogP contribution is -2.25. The van der Waals surface area contributed by atoms with Crippen molar-refractivity contribution >= 4 is 0 Å². The molecule has 1 aliphatic carbocycles. The molecular formula is C16H25NO2. The van der Waals surface area contributed by atoms with Crippen molar-refractivity contribution < 1.29 is 9.47 Å². The summed E-state index contributed by atoms with van der Waals surface area (Å²) in [6.07, 6.45) is 4.27. The Morgan fingerprint density at radius 1 is 1.37 bits per heavy atom. The number of fused-ring (bicyclic) bond motifs is 1. The second-order valence-corrected chi connectivity index (χ2v) is 5.92. The third-order valence-electron chi connectivity index (χ3n) is 4.00. The Bertz CT molecular complexity index is 429. The second kappa shape index (κ2) is 5.93. The van der Waals surface area contributed by atoms with Gasteiger partial charge in [-0.05, 0) is 56.4 Å². The summed E-state index contributed by atoms with van der Waals surface area (Å²) in [5, 5.41) is 0. The molecule has 106 valence electrons. The fourth-order valence-corrected chi connectivity index (χ4v) is 2.42. The molecule has 3 nitrogen and oxygen atoms in total. The number of methoxy groups -OCH3 is 1. The Kier molecular flexibility index (Phi) is 4.48. The molecule has 1 aliphatic rings. The van der Waals surface area contributed by atoms with Gasteiger partial charge in [-0.1, -0.05) is 6.07 Å². The van der Waals surface area contributed by atoms with Gasteiger partial charge in [-0.25, -0.2) is 0 Å². The summed E-state index contributed by atoms with van der Waals surface area (Å²) in [5.41, 5.74) is 8.66. The number of benzene rings is 1. The van der Waals surface area contributed by atoms with Gasteiger partial charge in [0, 0.05) is 19.6 Å². The zero-order valence-corrected chi connectivity index (χ0v) is 12.2. The molecule has 1 aromatic rings. The zero-order valence-electron chi connectivity index (χ0n) is 12.2. The van der Waals surface area contributed by atoms with E-state index in [0.29, 0.717) is 6.61 Å². The maximum Gasteiger partial charge on any atom is 0.119 e. The molecule has 0 saturated heterocycles. The van der Waals surface area contributed by atoms with Crippen molar-refractivity contribution in [3.05, 3.63) is 29.3 Å². The second-order valence-electron chi connectivity index (χ2n) is 5.92. The van der Waals surface area contributed by atoms with Gasteiger partial charge in [0.15, 0.2) is 0 Å². The van der Waals surface area contributed by atoms with Gasteiger partial charge in [0.25, 0.3) is 0 Å². The smallest absolute Gasteiger partial charge is 0.119 e. The van der Waals surface area contributed by atoms with Crippen LogP contribution in [-0.4, -0.2) is 19.3 Å². The van der Waals surface area contributed by atoms with E-state index >= 15 is 0 Å². The number of rotatable bonds is 5. The standard InChI is InChI=1S/C16H25NO2/c1-16(2,18-3)9-10-19-13-8-7-12-5-4-6-15(17)14(12)11-13/h7-8,11,15H,4-6,9-10,17H2,1-3H3. The van der Waals surface area contributed by atoms with Crippen LogP contribution >= 0.6 is 0 Å². The van der Waals surface area contributed by atoms with Gasteiger partial charge >= 0.3 is 0 Å². The maximum absolute atomic E-state index is 6.16. The lowest BCUT2D eigenvalue weighted by molar-refractivity contribution is 0.00544. The topological polar surface area (TPSA) is 44.5 Å². The van der Waals surface area contributed by atoms with Gasteiger partial charge in [0.2, 0.25) is 0 Å². The van der Waals surface area contributed by atoms with Crippen molar-refractivity contribution in [1.29, 1.82) is 0 Å². The number of aryl methyl sites for hydroxylation is 1. The molecule has 1 atom stereocenters. The normalized spacial score (nSPS) is 19.1. The highest BCUT2D eigenvalue weighted by Gasteiger charge is 2.18. The van der Waals surface area contributed by atoms with E-state index in [2.05, 4.69) is 32.0 Å². The van der Waals surface area contributed by atoms with Crippen LogP contribution < -0.4 is 10.5 Å². The van der Waals surface area contributed by atoms with Gasteiger partial charge < -0.3 is 15.2 Å². The largest absolute Gasteiger partial charge is 0.493 e. The summed E-state index contributed by atoms with van der Waals surface area (Å²) >= 11 is 0. The molecule has 0 radical (unpaired) electrons. The molecule has 3 heteroatoms. The SMILES string of the molecule is COC(C)(C)CCOc1ccc2c(c1)C(N)CCC2. The fraction of sp³-hybridized carbons (Fsp3) is 0.625. The first-order valence-electron chi connectivity index (χ1n) is 7.08. The molecule has 0 spiro atoms. The lowest BCUT2D eigenvalue weighted by atomic mass is 9.88. The van der Waals surface area contributed by atoms with Gasteiger partial charge in [0.1, 0.15) is 5.75 Å². The third kappa shape index (κ3) is 3.71. The minimum absolute atomic E-state index is 0.134. The van der Waals surface area contributed by atoms with Crippen LogP contribution in [0.2, 0.25) is 0 Å². The van der Waals surface area contributed by atoms with E-state index in [-0.39, 0.29) is 11.6 Å². The molecular weight excluding hydrogens is 238 g/mol. The van der Waals surface area contributed by atoms with Crippen molar-refractivity contribution in [1.82, 2.24) is 0 Å². The van der Waals surface area contributed by atoms with Gasteiger partial charge in [0.05, 0.1) is 12.2 Å². The summed E-state index contributed by atoms with van der Waals surface area (Å²) < 4.78 is 11.2. The van der Waals surface area contributed by atoms with Crippen LogP contribution in [0.1, 0.15) is 50.3 Å². The number of nitrogens with two attached hydrogens (primary N) is 1.